The third-order valence-corrected chi connectivity index (χ3v) is 4.14. The van der Waals surface area contributed by atoms with Gasteiger partial charge in [-0.15, -0.1) is 0 Å². The molecule has 17 heavy (non-hydrogen) atoms. The standard InChI is InChI=1S/C14H32N2O/c1-11(2)12(3)16(7)10-9-13(15-6)14(4,5)17-8/h11-13,15H,9-10H2,1-8H3. The molecule has 0 aromatic carbocycles. The molecular weight excluding hydrogens is 212 g/mol. The molecule has 0 spiro atoms. The summed E-state index contributed by atoms with van der Waals surface area (Å²) in [5.41, 5.74) is -0.114. The highest BCUT2D eigenvalue weighted by Gasteiger charge is 2.28. The molecule has 0 rings (SSSR count). The molecule has 0 aliphatic rings. The number of nitrogens with one attached hydrogen (secondary N) is 1. The van der Waals surface area contributed by atoms with Crippen LogP contribution in [-0.2, 0) is 4.74 Å². The number of methoxy groups -OCH3 is 1. The van der Waals surface area contributed by atoms with E-state index in [9.17, 15) is 0 Å². The van der Waals surface area contributed by atoms with E-state index in [1.807, 2.05) is 7.05 Å². The first kappa shape index (κ1) is 16.9. The van der Waals surface area contributed by atoms with Crippen LogP contribution in [0.25, 0.3) is 0 Å². The third kappa shape index (κ3) is 5.36. The fraction of sp³-hybridized carbons (Fsp3) is 1.00. The Hall–Kier alpha value is -0.120. The average Bonchev–Trinajstić information content (AvgIpc) is 2.28. The van der Waals surface area contributed by atoms with Crippen molar-refractivity contribution in [1.29, 1.82) is 0 Å². The van der Waals surface area contributed by atoms with Crippen molar-refractivity contribution in [2.45, 2.75) is 58.7 Å². The van der Waals surface area contributed by atoms with Gasteiger partial charge in [0.25, 0.3) is 0 Å². The zero-order chi connectivity index (χ0) is 13.6. The topological polar surface area (TPSA) is 24.5 Å². The Kier molecular flexibility index (Phi) is 7.29. The molecule has 0 aromatic rings. The van der Waals surface area contributed by atoms with Crippen LogP contribution in [0.1, 0.15) is 41.0 Å². The molecule has 0 saturated heterocycles. The lowest BCUT2D eigenvalue weighted by molar-refractivity contribution is -0.0133. The van der Waals surface area contributed by atoms with Crippen molar-refractivity contribution in [3.05, 3.63) is 0 Å². The highest BCUT2D eigenvalue weighted by atomic mass is 16.5. The molecule has 0 bridgehead atoms. The summed E-state index contributed by atoms with van der Waals surface area (Å²) in [4.78, 5) is 2.43. The lowest BCUT2D eigenvalue weighted by atomic mass is 9.95. The Morgan fingerprint density at radius 1 is 1.24 bits per heavy atom. The molecule has 0 aliphatic heterocycles. The quantitative estimate of drug-likeness (QED) is 0.709. The van der Waals surface area contributed by atoms with Gasteiger partial charge in [-0.05, 0) is 53.8 Å². The van der Waals surface area contributed by atoms with E-state index < -0.39 is 0 Å². The van der Waals surface area contributed by atoms with E-state index in [0.717, 1.165) is 13.0 Å². The second kappa shape index (κ2) is 7.34. The predicted octanol–water partition coefficient (Wildman–Crippen LogP) is 2.37. The molecular formula is C14H32N2O. The van der Waals surface area contributed by atoms with Gasteiger partial charge in [0.05, 0.1) is 5.60 Å². The fourth-order valence-electron chi connectivity index (χ4n) is 2.03. The zero-order valence-corrected chi connectivity index (χ0v) is 13.0. The van der Waals surface area contributed by atoms with Gasteiger partial charge >= 0.3 is 0 Å². The first-order valence-electron chi connectivity index (χ1n) is 6.68. The molecule has 0 saturated carbocycles. The van der Waals surface area contributed by atoms with E-state index in [1.165, 1.54) is 0 Å². The van der Waals surface area contributed by atoms with Gasteiger partial charge in [0, 0.05) is 19.2 Å². The third-order valence-electron chi connectivity index (χ3n) is 4.14. The highest BCUT2D eigenvalue weighted by Crippen LogP contribution is 2.17. The summed E-state index contributed by atoms with van der Waals surface area (Å²) in [5, 5.41) is 3.37. The predicted molar refractivity (Wildman–Crippen MR) is 75.5 cm³/mol. The Balaban J connectivity index is 4.25. The molecule has 0 fully saturated rings. The molecule has 3 nitrogen and oxygen atoms in total. The van der Waals surface area contributed by atoms with Crippen LogP contribution in [0.2, 0.25) is 0 Å². The van der Waals surface area contributed by atoms with E-state index >= 15 is 0 Å². The number of rotatable bonds is 8. The molecule has 0 amide bonds. The maximum atomic E-state index is 5.55. The van der Waals surface area contributed by atoms with Crippen LogP contribution >= 0.6 is 0 Å². The normalized spacial score (nSPS) is 16.6. The molecule has 104 valence electrons. The molecule has 0 aromatic heterocycles. The van der Waals surface area contributed by atoms with Crippen molar-refractivity contribution in [3.63, 3.8) is 0 Å². The monoisotopic (exact) mass is 244 g/mol. The van der Waals surface area contributed by atoms with Gasteiger partial charge in [0.2, 0.25) is 0 Å². The lowest BCUT2D eigenvalue weighted by Crippen LogP contribution is -2.48. The van der Waals surface area contributed by atoms with Gasteiger partial charge in [-0.2, -0.15) is 0 Å². The Morgan fingerprint density at radius 3 is 2.12 bits per heavy atom. The summed E-state index contributed by atoms with van der Waals surface area (Å²) in [6, 6.07) is 1.01. The molecule has 0 aliphatic carbocycles. The Bertz CT molecular complexity index is 204. The van der Waals surface area contributed by atoms with Crippen molar-refractivity contribution in [1.82, 2.24) is 10.2 Å². The summed E-state index contributed by atoms with van der Waals surface area (Å²) in [7, 11) is 6.00. The highest BCUT2D eigenvalue weighted by molar-refractivity contribution is 4.85. The van der Waals surface area contributed by atoms with Crippen LogP contribution in [0.3, 0.4) is 0 Å². The molecule has 2 unspecified atom stereocenters. The van der Waals surface area contributed by atoms with E-state index in [-0.39, 0.29) is 5.60 Å². The molecule has 3 heteroatoms. The van der Waals surface area contributed by atoms with E-state index in [2.05, 4.69) is 51.9 Å². The number of hydrogen-bond acceptors (Lipinski definition) is 3. The van der Waals surface area contributed by atoms with Crippen molar-refractivity contribution < 1.29 is 4.74 Å². The van der Waals surface area contributed by atoms with Gasteiger partial charge in [-0.1, -0.05) is 13.8 Å². The van der Waals surface area contributed by atoms with Crippen molar-refractivity contribution >= 4 is 0 Å². The average molecular weight is 244 g/mol. The lowest BCUT2D eigenvalue weighted by Gasteiger charge is -2.35. The largest absolute Gasteiger partial charge is 0.377 e. The van der Waals surface area contributed by atoms with Crippen molar-refractivity contribution in [3.8, 4) is 0 Å². The van der Waals surface area contributed by atoms with Gasteiger partial charge in [0.1, 0.15) is 0 Å². The number of nitrogens with zero attached hydrogens (tertiary/aromatic N) is 1. The maximum absolute atomic E-state index is 5.55. The molecule has 1 N–H and O–H groups in total. The molecule has 0 heterocycles. The maximum Gasteiger partial charge on any atom is 0.0775 e. The van der Waals surface area contributed by atoms with E-state index in [4.69, 9.17) is 4.74 Å². The Labute approximate surface area is 108 Å². The first-order chi connectivity index (χ1) is 7.76. The number of likely N-dealkylation sites (N-methyl/N-ethyl adjacent to an activating group) is 1. The van der Waals surface area contributed by atoms with Crippen LogP contribution in [0, 0.1) is 5.92 Å². The minimum absolute atomic E-state index is 0.114. The summed E-state index contributed by atoms with van der Waals surface area (Å²) < 4.78 is 5.55. The smallest absolute Gasteiger partial charge is 0.0775 e. The van der Waals surface area contributed by atoms with E-state index in [0.29, 0.717) is 18.0 Å². The summed E-state index contributed by atoms with van der Waals surface area (Å²) >= 11 is 0. The zero-order valence-electron chi connectivity index (χ0n) is 13.0. The fourth-order valence-corrected chi connectivity index (χ4v) is 2.03. The van der Waals surface area contributed by atoms with Crippen LogP contribution in [0.5, 0.6) is 0 Å². The minimum atomic E-state index is -0.114. The molecule has 2 atom stereocenters. The van der Waals surface area contributed by atoms with Crippen LogP contribution in [0.15, 0.2) is 0 Å². The van der Waals surface area contributed by atoms with Crippen LogP contribution < -0.4 is 5.32 Å². The summed E-state index contributed by atoms with van der Waals surface area (Å²) in [6.07, 6.45) is 1.10. The molecule has 0 radical (unpaired) electrons. The van der Waals surface area contributed by atoms with Gasteiger partial charge in [-0.3, -0.25) is 0 Å². The van der Waals surface area contributed by atoms with Crippen LogP contribution in [0.4, 0.5) is 0 Å². The summed E-state index contributed by atoms with van der Waals surface area (Å²) in [6.45, 7) is 12.2. The summed E-state index contributed by atoms with van der Waals surface area (Å²) in [5.74, 6) is 0.698. The first-order valence-corrected chi connectivity index (χ1v) is 6.68. The van der Waals surface area contributed by atoms with Gasteiger partial charge in [0.15, 0.2) is 0 Å². The second-order valence-corrected chi connectivity index (χ2v) is 5.90. The minimum Gasteiger partial charge on any atom is -0.377 e. The van der Waals surface area contributed by atoms with Gasteiger partial charge in [-0.25, -0.2) is 0 Å². The van der Waals surface area contributed by atoms with E-state index in [1.54, 1.807) is 7.11 Å². The van der Waals surface area contributed by atoms with Crippen molar-refractivity contribution in [2.24, 2.45) is 5.92 Å². The Morgan fingerprint density at radius 2 is 1.76 bits per heavy atom. The van der Waals surface area contributed by atoms with Gasteiger partial charge < -0.3 is 15.0 Å². The van der Waals surface area contributed by atoms with Crippen LogP contribution in [-0.4, -0.2) is 50.3 Å². The second-order valence-electron chi connectivity index (χ2n) is 5.90. The number of hydrogen-bond donors (Lipinski definition) is 1. The van der Waals surface area contributed by atoms with Crippen molar-refractivity contribution in [2.75, 3.05) is 27.7 Å². The number of ether oxygens (including phenoxy) is 1. The SMILES string of the molecule is CNC(CCN(C)C(C)C(C)C)C(C)(C)OC.